The molecule has 4 rings (SSSR count). The highest BCUT2D eigenvalue weighted by molar-refractivity contribution is 5.83. The molecule has 30 heavy (non-hydrogen) atoms. The SMILES string of the molecule is O=C(N1CCCO1)[C@@]12CCO[C@@H]1CCN(Cc1cccnc1)C2.O=C(O)C(F)(F)F. The van der Waals surface area contributed by atoms with Gasteiger partial charge in [-0.3, -0.25) is 19.5 Å². The second-order valence-corrected chi connectivity index (χ2v) is 7.52. The van der Waals surface area contributed by atoms with Gasteiger partial charge in [0, 0.05) is 38.6 Å². The Kier molecular flexibility index (Phi) is 6.94. The van der Waals surface area contributed by atoms with Crippen LogP contribution in [-0.2, 0) is 25.7 Å². The Morgan fingerprint density at radius 2 is 2.07 bits per heavy atom. The monoisotopic (exact) mass is 431 g/mol. The van der Waals surface area contributed by atoms with Crippen molar-refractivity contribution in [1.29, 1.82) is 0 Å². The summed E-state index contributed by atoms with van der Waals surface area (Å²) in [5, 5.41) is 8.70. The summed E-state index contributed by atoms with van der Waals surface area (Å²) in [5.74, 6) is -2.64. The molecule has 3 aliphatic heterocycles. The molecule has 1 aromatic rings. The molecule has 8 nitrogen and oxygen atoms in total. The van der Waals surface area contributed by atoms with E-state index in [1.54, 1.807) is 11.3 Å². The maximum atomic E-state index is 13.1. The summed E-state index contributed by atoms with van der Waals surface area (Å²) in [6, 6.07) is 4.04. The van der Waals surface area contributed by atoms with Crippen molar-refractivity contribution in [3.8, 4) is 0 Å². The fraction of sp³-hybridized carbons (Fsp3) is 0.632. The number of pyridine rings is 1. The first-order chi connectivity index (χ1) is 14.2. The number of carbonyl (C=O) groups excluding carboxylic acids is 1. The van der Waals surface area contributed by atoms with E-state index in [1.165, 1.54) is 5.56 Å². The van der Waals surface area contributed by atoms with E-state index in [9.17, 15) is 18.0 Å². The number of hydroxylamine groups is 2. The van der Waals surface area contributed by atoms with Crippen LogP contribution in [0.5, 0.6) is 0 Å². The standard InChI is InChI=1S/C17H23N3O3.C2HF3O2/c21-16(20-7-2-9-23-20)17-5-10-22-15(17)4-8-19(13-17)12-14-3-1-6-18-11-14;3-2(4,5)1(6)7/h1,3,6,11,15H,2,4-5,7-10,12-13H2;(H,6,7)/t15-,17-;/m1./s1. The van der Waals surface area contributed by atoms with E-state index in [-0.39, 0.29) is 12.0 Å². The quantitative estimate of drug-likeness (QED) is 0.781. The van der Waals surface area contributed by atoms with Crippen LogP contribution in [0.25, 0.3) is 0 Å². The van der Waals surface area contributed by atoms with Crippen molar-refractivity contribution in [3.63, 3.8) is 0 Å². The van der Waals surface area contributed by atoms with Crippen LogP contribution in [0.1, 0.15) is 24.8 Å². The highest BCUT2D eigenvalue weighted by Crippen LogP contribution is 2.43. The minimum atomic E-state index is -5.08. The van der Waals surface area contributed by atoms with Crippen LogP contribution in [0.4, 0.5) is 13.2 Å². The number of carboxylic acid groups (broad SMARTS) is 1. The van der Waals surface area contributed by atoms with Crippen LogP contribution in [0.2, 0.25) is 0 Å². The first-order valence-corrected chi connectivity index (χ1v) is 9.70. The summed E-state index contributed by atoms with van der Waals surface area (Å²) < 4.78 is 37.6. The van der Waals surface area contributed by atoms with Crippen LogP contribution < -0.4 is 0 Å². The van der Waals surface area contributed by atoms with Gasteiger partial charge in [0.2, 0.25) is 0 Å². The maximum Gasteiger partial charge on any atom is 0.490 e. The molecule has 2 atom stereocenters. The minimum Gasteiger partial charge on any atom is -0.475 e. The summed E-state index contributed by atoms with van der Waals surface area (Å²) in [6.07, 6.45) is 1.25. The van der Waals surface area contributed by atoms with Crippen LogP contribution >= 0.6 is 0 Å². The molecule has 0 saturated carbocycles. The topological polar surface area (TPSA) is 92.2 Å². The van der Waals surface area contributed by atoms with Crippen molar-refractivity contribution >= 4 is 11.9 Å². The molecule has 0 radical (unpaired) electrons. The molecule has 0 spiro atoms. The smallest absolute Gasteiger partial charge is 0.475 e. The molecule has 0 bridgehead atoms. The van der Waals surface area contributed by atoms with Gasteiger partial charge in [0.05, 0.1) is 24.7 Å². The van der Waals surface area contributed by atoms with Gasteiger partial charge in [0.15, 0.2) is 0 Å². The highest BCUT2D eigenvalue weighted by Gasteiger charge is 2.55. The van der Waals surface area contributed by atoms with Crippen LogP contribution in [0.15, 0.2) is 24.5 Å². The number of aromatic nitrogens is 1. The predicted octanol–water partition coefficient (Wildman–Crippen LogP) is 1.86. The predicted molar refractivity (Wildman–Crippen MR) is 96.9 cm³/mol. The molecule has 1 aromatic heterocycles. The number of hydrogen-bond donors (Lipinski definition) is 1. The third-order valence-electron chi connectivity index (χ3n) is 5.47. The second kappa shape index (κ2) is 9.27. The number of fused-ring (bicyclic) bond motifs is 1. The number of carboxylic acids is 1. The Labute approximate surface area is 171 Å². The number of ether oxygens (including phenoxy) is 1. The lowest BCUT2D eigenvalue weighted by Crippen LogP contribution is -2.57. The molecular weight excluding hydrogens is 407 g/mol. The van der Waals surface area contributed by atoms with E-state index in [4.69, 9.17) is 19.5 Å². The Morgan fingerprint density at radius 1 is 1.30 bits per heavy atom. The van der Waals surface area contributed by atoms with Gasteiger partial charge in [0.1, 0.15) is 0 Å². The molecule has 3 aliphatic rings. The minimum absolute atomic E-state index is 0.0318. The van der Waals surface area contributed by atoms with E-state index < -0.39 is 17.6 Å². The number of piperidine rings is 1. The van der Waals surface area contributed by atoms with Gasteiger partial charge in [-0.05, 0) is 30.9 Å². The Hall–Kier alpha value is -2.24. The third-order valence-corrected chi connectivity index (χ3v) is 5.47. The molecule has 0 aromatic carbocycles. The number of halogens is 3. The number of likely N-dealkylation sites (tertiary alicyclic amines) is 1. The van der Waals surface area contributed by atoms with Crippen molar-refractivity contribution in [2.45, 2.75) is 38.1 Å². The highest BCUT2D eigenvalue weighted by atomic mass is 19.4. The summed E-state index contributed by atoms with van der Waals surface area (Å²) in [6.45, 7) is 4.55. The van der Waals surface area contributed by atoms with Crippen molar-refractivity contribution < 1.29 is 37.4 Å². The number of hydrogen-bond acceptors (Lipinski definition) is 6. The van der Waals surface area contributed by atoms with E-state index in [0.29, 0.717) is 19.8 Å². The average Bonchev–Trinajstić information content (AvgIpc) is 3.38. The molecule has 1 N–H and O–H groups in total. The summed E-state index contributed by atoms with van der Waals surface area (Å²) in [7, 11) is 0. The number of amides is 1. The fourth-order valence-corrected chi connectivity index (χ4v) is 4.08. The molecule has 0 aliphatic carbocycles. The molecule has 1 amide bonds. The third kappa shape index (κ3) is 5.08. The second-order valence-electron chi connectivity index (χ2n) is 7.52. The number of rotatable bonds is 3. The zero-order valence-corrected chi connectivity index (χ0v) is 16.3. The van der Waals surface area contributed by atoms with Gasteiger partial charge >= 0.3 is 12.1 Å². The first kappa shape index (κ1) is 22.4. The molecule has 3 fully saturated rings. The average molecular weight is 431 g/mol. The summed E-state index contributed by atoms with van der Waals surface area (Å²) in [5.41, 5.74) is 0.745. The van der Waals surface area contributed by atoms with Crippen molar-refractivity contribution in [1.82, 2.24) is 14.9 Å². The molecular formula is C19H24F3N3O5. The lowest BCUT2D eigenvalue weighted by atomic mass is 9.75. The van der Waals surface area contributed by atoms with Crippen LogP contribution in [0, 0.1) is 5.41 Å². The van der Waals surface area contributed by atoms with Gasteiger partial charge in [0.25, 0.3) is 5.91 Å². The molecule has 3 saturated heterocycles. The number of carbonyl (C=O) groups is 2. The first-order valence-electron chi connectivity index (χ1n) is 9.70. The molecule has 166 valence electrons. The lowest BCUT2D eigenvalue weighted by Gasteiger charge is -2.43. The summed E-state index contributed by atoms with van der Waals surface area (Å²) >= 11 is 0. The van der Waals surface area contributed by atoms with Gasteiger partial charge in [-0.25, -0.2) is 9.86 Å². The Morgan fingerprint density at radius 3 is 2.67 bits per heavy atom. The normalized spacial score (nSPS) is 26.6. The van der Waals surface area contributed by atoms with Crippen LogP contribution in [0.3, 0.4) is 0 Å². The zero-order chi connectivity index (χ0) is 21.8. The number of alkyl halides is 3. The van der Waals surface area contributed by atoms with Gasteiger partial charge in [-0.15, -0.1) is 0 Å². The van der Waals surface area contributed by atoms with E-state index >= 15 is 0 Å². The Bertz CT molecular complexity index is 743. The molecule has 11 heteroatoms. The van der Waals surface area contributed by atoms with E-state index in [2.05, 4.69) is 16.0 Å². The van der Waals surface area contributed by atoms with Crippen molar-refractivity contribution in [2.24, 2.45) is 5.41 Å². The van der Waals surface area contributed by atoms with Gasteiger partial charge in [-0.1, -0.05) is 6.07 Å². The largest absolute Gasteiger partial charge is 0.490 e. The van der Waals surface area contributed by atoms with Crippen molar-refractivity contribution in [2.75, 3.05) is 32.8 Å². The maximum absolute atomic E-state index is 13.1. The Balaban J connectivity index is 0.000000318. The number of nitrogens with zero attached hydrogens (tertiary/aromatic N) is 3. The summed E-state index contributed by atoms with van der Waals surface area (Å²) in [4.78, 5) is 34.0. The fourth-order valence-electron chi connectivity index (χ4n) is 4.08. The molecule has 0 unspecified atom stereocenters. The number of aliphatic carboxylic acids is 1. The van der Waals surface area contributed by atoms with Crippen LogP contribution in [-0.4, -0.2) is 77.1 Å². The van der Waals surface area contributed by atoms with Gasteiger partial charge in [-0.2, -0.15) is 13.2 Å². The van der Waals surface area contributed by atoms with Gasteiger partial charge < -0.3 is 9.84 Å². The zero-order valence-electron chi connectivity index (χ0n) is 16.3. The lowest BCUT2D eigenvalue weighted by molar-refractivity contribution is -0.192. The molecule has 4 heterocycles. The van der Waals surface area contributed by atoms with E-state index in [0.717, 1.165) is 38.9 Å². The van der Waals surface area contributed by atoms with E-state index in [1.807, 2.05) is 12.3 Å². The van der Waals surface area contributed by atoms with Crippen molar-refractivity contribution in [3.05, 3.63) is 30.1 Å².